The normalized spacial score (nSPS) is 18.4. The Kier molecular flexibility index (Phi) is 4.26. The van der Waals surface area contributed by atoms with Crippen molar-refractivity contribution in [3.05, 3.63) is 34.8 Å². The van der Waals surface area contributed by atoms with Crippen molar-refractivity contribution in [2.24, 2.45) is 5.92 Å². The van der Waals surface area contributed by atoms with Gasteiger partial charge in [0.1, 0.15) is 23.1 Å². The summed E-state index contributed by atoms with van der Waals surface area (Å²) in [5.41, 5.74) is 1.10. The van der Waals surface area contributed by atoms with Crippen molar-refractivity contribution in [2.45, 2.75) is 57.8 Å². The third-order valence-corrected chi connectivity index (χ3v) is 4.92. The molecular weight excluding hydrogens is 334 g/mol. The lowest BCUT2D eigenvalue weighted by atomic mass is 9.83. The Morgan fingerprint density at radius 3 is 2.52 bits per heavy atom. The van der Waals surface area contributed by atoms with Crippen molar-refractivity contribution in [3.8, 4) is 6.07 Å². The van der Waals surface area contributed by atoms with Crippen LogP contribution in [0.2, 0.25) is 0 Å². The summed E-state index contributed by atoms with van der Waals surface area (Å²) in [6.45, 7) is 2.50. The summed E-state index contributed by atoms with van der Waals surface area (Å²) < 4.78 is 56.4. The molecule has 134 valence electrons. The number of nitrogens with zero attached hydrogens (tertiary/aromatic N) is 3. The van der Waals surface area contributed by atoms with Crippen LogP contribution < -0.4 is 0 Å². The minimum Gasteiger partial charge on any atom is -0.287 e. The van der Waals surface area contributed by atoms with Crippen LogP contribution >= 0.6 is 0 Å². The van der Waals surface area contributed by atoms with Crippen molar-refractivity contribution in [1.82, 2.24) is 9.38 Å². The van der Waals surface area contributed by atoms with Crippen molar-refractivity contribution in [1.29, 1.82) is 5.26 Å². The van der Waals surface area contributed by atoms with Gasteiger partial charge >= 0.3 is 0 Å². The summed E-state index contributed by atoms with van der Waals surface area (Å²) in [4.78, 5) is 4.04. The molecule has 0 bridgehead atoms. The number of imidazole rings is 1. The zero-order valence-corrected chi connectivity index (χ0v) is 14.1. The zero-order chi connectivity index (χ0) is 18.4. The van der Waals surface area contributed by atoms with Crippen LogP contribution in [0, 0.1) is 24.2 Å². The number of aryl methyl sites for hydroxylation is 1. The van der Waals surface area contributed by atoms with Crippen LogP contribution in [0.15, 0.2) is 12.1 Å². The molecule has 0 N–H and O–H groups in total. The average Bonchev–Trinajstić information content (AvgIpc) is 2.88. The maximum absolute atomic E-state index is 14.1. The van der Waals surface area contributed by atoms with Crippen molar-refractivity contribution >= 4 is 5.65 Å². The predicted molar refractivity (Wildman–Crippen MR) is 84.8 cm³/mol. The summed E-state index contributed by atoms with van der Waals surface area (Å²) in [6.07, 6.45) is 0.326. The number of rotatable bonds is 3. The smallest absolute Gasteiger partial charge is 0.287 e. The lowest BCUT2D eigenvalue weighted by molar-refractivity contribution is -0.0460. The number of hydrogen-bond donors (Lipinski definition) is 0. The Hall–Kier alpha value is -2.10. The summed E-state index contributed by atoms with van der Waals surface area (Å²) in [7, 11) is 0. The molecule has 0 radical (unpaired) electrons. The molecule has 0 aromatic carbocycles. The van der Waals surface area contributed by atoms with E-state index in [-0.39, 0.29) is 60.8 Å². The fourth-order valence-corrected chi connectivity index (χ4v) is 3.54. The van der Waals surface area contributed by atoms with E-state index in [0.29, 0.717) is 5.56 Å². The van der Waals surface area contributed by atoms with E-state index in [1.165, 1.54) is 4.40 Å². The topological polar surface area (TPSA) is 41.1 Å². The number of aromatic nitrogens is 2. The molecule has 1 aliphatic rings. The zero-order valence-electron chi connectivity index (χ0n) is 14.1. The average molecular weight is 353 g/mol. The van der Waals surface area contributed by atoms with E-state index in [0.717, 1.165) is 6.92 Å². The fourth-order valence-electron chi connectivity index (χ4n) is 3.54. The molecule has 7 heteroatoms. The van der Waals surface area contributed by atoms with Crippen molar-refractivity contribution < 1.29 is 17.6 Å². The van der Waals surface area contributed by atoms with Gasteiger partial charge in [-0.25, -0.2) is 13.8 Å². The van der Waals surface area contributed by atoms with E-state index in [4.69, 9.17) is 0 Å². The second-order valence-corrected chi connectivity index (χ2v) is 6.97. The van der Waals surface area contributed by atoms with Crippen LogP contribution in [0.25, 0.3) is 5.65 Å². The van der Waals surface area contributed by atoms with Crippen LogP contribution in [0.3, 0.4) is 0 Å². The first-order valence-corrected chi connectivity index (χ1v) is 8.29. The van der Waals surface area contributed by atoms with Gasteiger partial charge in [0, 0.05) is 19.8 Å². The summed E-state index contributed by atoms with van der Waals surface area (Å²) in [5.74, 6) is -5.95. The highest BCUT2D eigenvalue weighted by Gasteiger charge is 2.38. The summed E-state index contributed by atoms with van der Waals surface area (Å²) >= 11 is 0. The molecule has 1 saturated carbocycles. The lowest BCUT2D eigenvalue weighted by Gasteiger charge is -2.28. The van der Waals surface area contributed by atoms with Crippen LogP contribution in [-0.2, 0) is 12.3 Å². The molecule has 1 aliphatic carbocycles. The summed E-state index contributed by atoms with van der Waals surface area (Å²) in [5, 5.41) is 9.44. The van der Waals surface area contributed by atoms with Gasteiger partial charge < -0.3 is 0 Å². The largest absolute Gasteiger partial charge is 0.288 e. The van der Waals surface area contributed by atoms with E-state index in [1.54, 1.807) is 19.1 Å². The van der Waals surface area contributed by atoms with Gasteiger partial charge in [-0.15, -0.1) is 0 Å². The highest BCUT2D eigenvalue weighted by molar-refractivity contribution is 5.51. The van der Waals surface area contributed by atoms with Gasteiger partial charge in [-0.05, 0) is 43.7 Å². The number of pyridine rings is 1. The highest BCUT2D eigenvalue weighted by Crippen LogP contribution is 2.39. The maximum atomic E-state index is 14.1. The van der Waals surface area contributed by atoms with Crippen molar-refractivity contribution in [3.63, 3.8) is 0 Å². The van der Waals surface area contributed by atoms with Gasteiger partial charge in [-0.3, -0.25) is 4.40 Å². The Morgan fingerprint density at radius 2 is 1.96 bits per heavy atom. The molecule has 0 unspecified atom stereocenters. The molecule has 0 spiro atoms. The van der Waals surface area contributed by atoms with Crippen LogP contribution in [0.1, 0.15) is 55.3 Å². The van der Waals surface area contributed by atoms with Gasteiger partial charge in [0.25, 0.3) is 5.92 Å². The van der Waals surface area contributed by atoms with E-state index in [1.807, 2.05) is 0 Å². The van der Waals surface area contributed by atoms with Gasteiger partial charge in [0.2, 0.25) is 5.92 Å². The number of fused-ring (bicyclic) bond motifs is 1. The number of alkyl halides is 4. The molecule has 2 aromatic rings. The third-order valence-electron chi connectivity index (χ3n) is 4.92. The maximum Gasteiger partial charge on any atom is 0.288 e. The number of nitriles is 1. The first-order chi connectivity index (χ1) is 11.6. The molecule has 2 aromatic heterocycles. The molecule has 0 saturated heterocycles. The Labute approximate surface area is 143 Å². The molecule has 0 atom stereocenters. The van der Waals surface area contributed by atoms with Crippen LogP contribution in [-0.4, -0.2) is 15.3 Å². The lowest BCUT2D eigenvalue weighted by Crippen LogP contribution is -2.26. The third kappa shape index (κ3) is 3.35. The van der Waals surface area contributed by atoms with Gasteiger partial charge in [-0.2, -0.15) is 14.0 Å². The van der Waals surface area contributed by atoms with Gasteiger partial charge in [-0.1, -0.05) is 6.07 Å². The van der Waals surface area contributed by atoms with E-state index >= 15 is 0 Å². The van der Waals surface area contributed by atoms with Gasteiger partial charge in [0.05, 0.1) is 5.69 Å². The van der Waals surface area contributed by atoms with Crippen LogP contribution in [0.4, 0.5) is 17.6 Å². The van der Waals surface area contributed by atoms with E-state index in [9.17, 15) is 22.8 Å². The minimum absolute atomic E-state index is 0.118. The van der Waals surface area contributed by atoms with Crippen molar-refractivity contribution in [2.75, 3.05) is 0 Å². The second kappa shape index (κ2) is 6.01. The highest BCUT2D eigenvalue weighted by atomic mass is 19.3. The fraction of sp³-hybridized carbons (Fsp3) is 0.556. The molecule has 3 rings (SSSR count). The Bertz CT molecular complexity index is 833. The minimum atomic E-state index is -3.17. The standard InChI is InChI=1S/C18H19F4N3/c1-11-3-4-15-24-16(17(2,19)20)13(25(15)14(11)10-23)9-12-5-7-18(21,22)8-6-12/h3-4,12H,5-9H2,1-2H3. The predicted octanol–water partition coefficient (Wildman–Crippen LogP) is 4.99. The molecule has 25 heavy (non-hydrogen) atoms. The molecule has 2 heterocycles. The summed E-state index contributed by atoms with van der Waals surface area (Å²) in [6, 6.07) is 5.32. The second-order valence-electron chi connectivity index (χ2n) is 6.97. The van der Waals surface area contributed by atoms with E-state index < -0.39 is 11.8 Å². The number of halogens is 4. The molecular formula is C18H19F4N3. The Balaban J connectivity index is 2.08. The SMILES string of the molecule is Cc1ccc2nc(C(C)(F)F)c(CC3CCC(F)(F)CC3)n2c1C#N. The molecule has 1 fully saturated rings. The first-order valence-electron chi connectivity index (χ1n) is 8.29. The van der Waals surface area contributed by atoms with Gasteiger partial charge in [0.15, 0.2) is 0 Å². The molecule has 0 aliphatic heterocycles. The quantitative estimate of drug-likeness (QED) is 0.729. The number of hydrogen-bond acceptors (Lipinski definition) is 2. The monoisotopic (exact) mass is 353 g/mol. The first kappa shape index (κ1) is 17.7. The van der Waals surface area contributed by atoms with E-state index in [2.05, 4.69) is 11.1 Å². The van der Waals surface area contributed by atoms with Crippen LogP contribution in [0.5, 0.6) is 0 Å². The Morgan fingerprint density at radius 1 is 1.32 bits per heavy atom. The molecule has 3 nitrogen and oxygen atoms in total. The molecule has 0 amide bonds.